The Balaban J connectivity index is 1.18. The molecule has 2 fully saturated rings. The number of amides is 1. The number of hydrogen-bond acceptors (Lipinski definition) is 7. The topological polar surface area (TPSA) is 96.4 Å². The van der Waals surface area contributed by atoms with Crippen molar-refractivity contribution in [1.29, 1.82) is 0 Å². The Labute approximate surface area is 155 Å². The van der Waals surface area contributed by atoms with E-state index in [1.165, 1.54) is 0 Å². The first-order valence-electron chi connectivity index (χ1n) is 9.00. The quantitative estimate of drug-likeness (QED) is 0.728. The predicted molar refractivity (Wildman–Crippen MR) is 95.2 cm³/mol. The molecule has 0 spiro atoms. The Morgan fingerprint density at radius 3 is 2.74 bits per heavy atom. The van der Waals surface area contributed by atoms with Crippen molar-refractivity contribution in [3.8, 4) is 11.4 Å². The molecule has 2 atom stereocenters. The van der Waals surface area contributed by atoms with Gasteiger partial charge in [-0.15, -0.1) is 0 Å². The van der Waals surface area contributed by atoms with Crippen molar-refractivity contribution in [1.82, 2.24) is 25.9 Å². The van der Waals surface area contributed by atoms with E-state index < -0.39 is 0 Å². The van der Waals surface area contributed by atoms with Crippen LogP contribution in [0.3, 0.4) is 0 Å². The predicted octanol–water partition coefficient (Wildman–Crippen LogP) is 1.86. The van der Waals surface area contributed by atoms with Crippen LogP contribution >= 0.6 is 0 Å². The fourth-order valence-electron chi connectivity index (χ4n) is 3.53. The van der Waals surface area contributed by atoms with Crippen molar-refractivity contribution in [2.75, 3.05) is 13.1 Å². The Kier molecular flexibility index (Phi) is 3.99. The molecule has 2 aromatic heterocycles. The molecule has 8 heteroatoms. The normalized spacial score (nSPS) is 22.7. The van der Waals surface area contributed by atoms with Crippen LogP contribution in [0.5, 0.6) is 0 Å². The van der Waals surface area contributed by atoms with Crippen molar-refractivity contribution >= 4 is 5.91 Å². The van der Waals surface area contributed by atoms with Crippen LogP contribution in [0.15, 0.2) is 57.7 Å². The van der Waals surface area contributed by atoms with Crippen molar-refractivity contribution in [3.63, 3.8) is 0 Å². The SMILES string of the molecule is O=C(C1CC(c2ccco2)NN1)N1CC(c2nc(-c3ccccc3)no2)C1. The maximum Gasteiger partial charge on any atom is 0.241 e. The first kappa shape index (κ1) is 16.2. The van der Waals surface area contributed by atoms with Crippen LogP contribution in [0, 0.1) is 0 Å². The Bertz CT molecular complexity index is 918. The number of carbonyl (C=O) groups is 1. The summed E-state index contributed by atoms with van der Waals surface area (Å²) in [7, 11) is 0. The van der Waals surface area contributed by atoms with E-state index >= 15 is 0 Å². The molecule has 2 unspecified atom stereocenters. The maximum absolute atomic E-state index is 12.7. The third-order valence-electron chi connectivity index (χ3n) is 5.10. The first-order valence-corrected chi connectivity index (χ1v) is 9.00. The summed E-state index contributed by atoms with van der Waals surface area (Å²) in [6.07, 6.45) is 2.30. The number of aromatic nitrogens is 2. The van der Waals surface area contributed by atoms with Gasteiger partial charge in [-0.3, -0.25) is 4.79 Å². The van der Waals surface area contributed by atoms with Crippen LogP contribution in [0.2, 0.25) is 0 Å². The van der Waals surface area contributed by atoms with E-state index in [2.05, 4.69) is 21.0 Å². The molecule has 0 radical (unpaired) electrons. The van der Waals surface area contributed by atoms with E-state index in [1.54, 1.807) is 6.26 Å². The monoisotopic (exact) mass is 365 g/mol. The fraction of sp³-hybridized carbons (Fsp3) is 0.316. The molecule has 3 aromatic rings. The average Bonchev–Trinajstić information content (AvgIpc) is 3.41. The number of hydrazine groups is 1. The minimum Gasteiger partial charge on any atom is -0.468 e. The van der Waals surface area contributed by atoms with Crippen LogP contribution in [-0.2, 0) is 4.79 Å². The molecule has 0 bridgehead atoms. The van der Waals surface area contributed by atoms with Crippen molar-refractivity contribution in [2.24, 2.45) is 0 Å². The number of benzene rings is 1. The van der Waals surface area contributed by atoms with Gasteiger partial charge < -0.3 is 13.8 Å². The highest BCUT2D eigenvalue weighted by atomic mass is 16.5. The van der Waals surface area contributed by atoms with Crippen LogP contribution in [0.4, 0.5) is 0 Å². The molecular weight excluding hydrogens is 346 g/mol. The first-order chi connectivity index (χ1) is 13.3. The van der Waals surface area contributed by atoms with Gasteiger partial charge in [0.15, 0.2) is 0 Å². The molecule has 4 heterocycles. The summed E-state index contributed by atoms with van der Waals surface area (Å²) in [4.78, 5) is 19.0. The molecule has 2 N–H and O–H groups in total. The van der Waals surface area contributed by atoms with Gasteiger partial charge in [-0.1, -0.05) is 35.5 Å². The second-order valence-electron chi connectivity index (χ2n) is 6.91. The molecule has 1 aromatic carbocycles. The summed E-state index contributed by atoms with van der Waals surface area (Å²) in [5.41, 5.74) is 7.12. The number of nitrogens with one attached hydrogen (secondary N) is 2. The van der Waals surface area contributed by atoms with Gasteiger partial charge in [0.1, 0.15) is 11.8 Å². The lowest BCUT2D eigenvalue weighted by Crippen LogP contribution is -2.54. The summed E-state index contributed by atoms with van der Waals surface area (Å²) >= 11 is 0. The van der Waals surface area contributed by atoms with Crippen LogP contribution < -0.4 is 10.9 Å². The molecule has 0 aliphatic carbocycles. The molecule has 0 saturated carbocycles. The maximum atomic E-state index is 12.7. The molecule has 1 amide bonds. The summed E-state index contributed by atoms with van der Waals surface area (Å²) in [6, 6.07) is 13.2. The minimum atomic E-state index is -0.261. The summed E-state index contributed by atoms with van der Waals surface area (Å²) in [5.74, 6) is 2.17. The van der Waals surface area contributed by atoms with Gasteiger partial charge in [0.25, 0.3) is 0 Å². The van der Waals surface area contributed by atoms with Crippen molar-refractivity contribution < 1.29 is 13.7 Å². The number of likely N-dealkylation sites (tertiary alicyclic amines) is 1. The Morgan fingerprint density at radius 1 is 1.11 bits per heavy atom. The molecule has 2 saturated heterocycles. The molecule has 138 valence electrons. The summed E-state index contributed by atoms with van der Waals surface area (Å²) in [6.45, 7) is 1.19. The number of rotatable bonds is 4. The molecule has 27 heavy (non-hydrogen) atoms. The third-order valence-corrected chi connectivity index (χ3v) is 5.10. The van der Waals surface area contributed by atoms with Crippen LogP contribution in [0.25, 0.3) is 11.4 Å². The minimum absolute atomic E-state index is 0.00962. The zero-order valence-corrected chi connectivity index (χ0v) is 14.5. The summed E-state index contributed by atoms with van der Waals surface area (Å²) in [5, 5.41) is 4.05. The van der Waals surface area contributed by atoms with E-state index in [9.17, 15) is 4.79 Å². The lowest BCUT2D eigenvalue weighted by Gasteiger charge is -2.38. The van der Waals surface area contributed by atoms with E-state index in [4.69, 9.17) is 8.94 Å². The molecular formula is C19H19N5O3. The van der Waals surface area contributed by atoms with Crippen LogP contribution in [0.1, 0.15) is 30.0 Å². The second-order valence-corrected chi connectivity index (χ2v) is 6.91. The van der Waals surface area contributed by atoms with Gasteiger partial charge in [0.2, 0.25) is 17.6 Å². The molecule has 2 aliphatic heterocycles. The van der Waals surface area contributed by atoms with E-state index in [1.807, 2.05) is 47.4 Å². The zero-order valence-electron chi connectivity index (χ0n) is 14.5. The average molecular weight is 365 g/mol. The second kappa shape index (κ2) is 6.64. The smallest absolute Gasteiger partial charge is 0.241 e. The number of furan rings is 1. The summed E-state index contributed by atoms with van der Waals surface area (Å²) < 4.78 is 10.8. The van der Waals surface area contributed by atoms with E-state index in [0.717, 1.165) is 11.3 Å². The number of hydrogen-bond donors (Lipinski definition) is 2. The number of carbonyl (C=O) groups excluding carboxylic acids is 1. The fourth-order valence-corrected chi connectivity index (χ4v) is 3.53. The standard InChI is InChI=1S/C19H19N5O3/c25-19(15-9-14(21-22-15)16-7-4-8-26-16)24-10-13(11-24)18-20-17(23-27-18)12-5-2-1-3-6-12/h1-8,13-15,21-22H,9-11H2. The highest BCUT2D eigenvalue weighted by Crippen LogP contribution is 2.30. The molecule has 8 nitrogen and oxygen atoms in total. The largest absolute Gasteiger partial charge is 0.468 e. The van der Waals surface area contributed by atoms with Gasteiger partial charge >= 0.3 is 0 Å². The lowest BCUT2D eigenvalue weighted by atomic mass is 9.97. The van der Waals surface area contributed by atoms with Gasteiger partial charge in [0, 0.05) is 18.7 Å². The van der Waals surface area contributed by atoms with Crippen LogP contribution in [-0.4, -0.2) is 40.1 Å². The molecule has 5 rings (SSSR count). The molecule has 2 aliphatic rings. The van der Waals surface area contributed by atoms with Gasteiger partial charge in [-0.05, 0) is 18.6 Å². The lowest BCUT2D eigenvalue weighted by molar-refractivity contribution is -0.138. The van der Waals surface area contributed by atoms with Gasteiger partial charge in [-0.25, -0.2) is 10.9 Å². The highest BCUT2D eigenvalue weighted by molar-refractivity contribution is 5.83. The number of nitrogens with zero attached hydrogens (tertiary/aromatic N) is 3. The van der Waals surface area contributed by atoms with Crippen molar-refractivity contribution in [3.05, 3.63) is 60.4 Å². The Morgan fingerprint density at radius 2 is 1.96 bits per heavy atom. The van der Waals surface area contributed by atoms with E-state index in [0.29, 0.717) is 31.2 Å². The van der Waals surface area contributed by atoms with Gasteiger partial charge in [-0.2, -0.15) is 4.98 Å². The zero-order chi connectivity index (χ0) is 18.2. The third kappa shape index (κ3) is 3.02. The van der Waals surface area contributed by atoms with Gasteiger partial charge in [0.05, 0.1) is 18.2 Å². The van der Waals surface area contributed by atoms with E-state index in [-0.39, 0.29) is 23.9 Å². The Hall–Kier alpha value is -2.97. The highest BCUT2D eigenvalue weighted by Gasteiger charge is 2.41. The van der Waals surface area contributed by atoms with Crippen molar-refractivity contribution in [2.45, 2.75) is 24.4 Å².